The molecule has 0 radical (unpaired) electrons. The fraction of sp³-hybridized carbons (Fsp3) is 0.688. The first kappa shape index (κ1) is 15.4. The Morgan fingerprint density at radius 1 is 1.00 bits per heavy atom. The monoisotopic (exact) mass is 266 g/mol. The molecule has 0 aromatic carbocycles. The first-order valence-corrected chi connectivity index (χ1v) is 8.29. The van der Waals surface area contributed by atoms with Gasteiger partial charge in [0.1, 0.15) is 0 Å². The Labute approximate surface area is 116 Å². The molecule has 0 aliphatic heterocycles. The molecule has 0 fully saturated rings. The SMILES string of the molecule is CCCCCCCCCCCC(=O)c1cccs1. The highest BCUT2D eigenvalue weighted by atomic mass is 32.1. The van der Waals surface area contributed by atoms with Crippen molar-refractivity contribution >= 4 is 17.1 Å². The van der Waals surface area contributed by atoms with Crippen molar-refractivity contribution in [3.8, 4) is 0 Å². The summed E-state index contributed by atoms with van der Waals surface area (Å²) in [5.41, 5.74) is 0. The van der Waals surface area contributed by atoms with Gasteiger partial charge in [0.2, 0.25) is 0 Å². The zero-order valence-electron chi connectivity index (χ0n) is 11.6. The second-order valence-electron chi connectivity index (χ2n) is 4.98. The molecule has 1 aromatic heterocycles. The van der Waals surface area contributed by atoms with Gasteiger partial charge >= 0.3 is 0 Å². The van der Waals surface area contributed by atoms with Crippen LogP contribution in [-0.4, -0.2) is 5.78 Å². The molecule has 0 saturated carbocycles. The molecule has 1 aromatic rings. The van der Waals surface area contributed by atoms with E-state index >= 15 is 0 Å². The maximum Gasteiger partial charge on any atom is 0.172 e. The summed E-state index contributed by atoms with van der Waals surface area (Å²) in [6, 6.07) is 3.88. The predicted octanol–water partition coefficient (Wildman–Crippen LogP) is 5.85. The van der Waals surface area contributed by atoms with Gasteiger partial charge in [0.25, 0.3) is 0 Å². The van der Waals surface area contributed by atoms with Gasteiger partial charge in [-0.15, -0.1) is 11.3 Å². The molecule has 0 atom stereocenters. The van der Waals surface area contributed by atoms with Crippen LogP contribution < -0.4 is 0 Å². The summed E-state index contributed by atoms with van der Waals surface area (Å²) < 4.78 is 0. The van der Waals surface area contributed by atoms with Crippen molar-refractivity contribution in [3.05, 3.63) is 22.4 Å². The Morgan fingerprint density at radius 2 is 1.61 bits per heavy atom. The van der Waals surface area contributed by atoms with Gasteiger partial charge in [0.15, 0.2) is 5.78 Å². The van der Waals surface area contributed by atoms with Crippen LogP contribution in [0.5, 0.6) is 0 Å². The zero-order valence-corrected chi connectivity index (χ0v) is 12.4. The van der Waals surface area contributed by atoms with Crippen LogP contribution in [0.25, 0.3) is 0 Å². The van der Waals surface area contributed by atoms with Gasteiger partial charge in [-0.25, -0.2) is 0 Å². The molecule has 0 aliphatic carbocycles. The summed E-state index contributed by atoms with van der Waals surface area (Å²) in [4.78, 5) is 12.6. The molecule has 0 amide bonds. The second kappa shape index (κ2) is 10.3. The Balaban J connectivity index is 1.88. The lowest BCUT2D eigenvalue weighted by atomic mass is 10.1. The Morgan fingerprint density at radius 3 is 2.17 bits per heavy atom. The third-order valence-electron chi connectivity index (χ3n) is 3.30. The molecule has 1 heterocycles. The molecule has 1 rings (SSSR count). The summed E-state index contributed by atoms with van der Waals surface area (Å²) >= 11 is 1.56. The number of unbranched alkanes of at least 4 members (excludes halogenated alkanes) is 8. The first-order valence-electron chi connectivity index (χ1n) is 7.41. The Hall–Kier alpha value is -0.630. The van der Waals surface area contributed by atoms with Gasteiger partial charge in [-0.2, -0.15) is 0 Å². The lowest BCUT2D eigenvalue weighted by molar-refractivity contribution is 0.0983. The summed E-state index contributed by atoms with van der Waals surface area (Å²) in [6.45, 7) is 2.25. The lowest BCUT2D eigenvalue weighted by Crippen LogP contribution is -1.95. The van der Waals surface area contributed by atoms with E-state index < -0.39 is 0 Å². The normalized spacial score (nSPS) is 10.7. The van der Waals surface area contributed by atoms with Crippen LogP contribution in [-0.2, 0) is 0 Å². The minimum absolute atomic E-state index is 0.327. The second-order valence-corrected chi connectivity index (χ2v) is 5.93. The van der Waals surface area contributed by atoms with E-state index in [1.165, 1.54) is 51.4 Å². The number of thiophene rings is 1. The van der Waals surface area contributed by atoms with Crippen LogP contribution in [0.1, 0.15) is 80.8 Å². The van der Waals surface area contributed by atoms with E-state index in [4.69, 9.17) is 0 Å². The van der Waals surface area contributed by atoms with Gasteiger partial charge < -0.3 is 0 Å². The average molecular weight is 266 g/mol. The molecule has 0 N–H and O–H groups in total. The summed E-state index contributed by atoms with van der Waals surface area (Å²) in [5.74, 6) is 0.327. The van der Waals surface area contributed by atoms with E-state index in [1.54, 1.807) is 11.3 Å². The average Bonchev–Trinajstić information content (AvgIpc) is 2.90. The molecule has 102 valence electrons. The highest BCUT2D eigenvalue weighted by Crippen LogP contribution is 2.15. The number of ketones is 1. The number of hydrogen-bond donors (Lipinski definition) is 0. The molecule has 1 nitrogen and oxygen atoms in total. The number of carbonyl (C=O) groups excluding carboxylic acids is 1. The highest BCUT2D eigenvalue weighted by molar-refractivity contribution is 7.12. The standard InChI is InChI=1S/C16H26OS/c1-2-3-4-5-6-7-8-9-10-12-15(17)16-13-11-14-18-16/h11,13-14H,2-10,12H2,1H3. The van der Waals surface area contributed by atoms with Gasteiger partial charge in [-0.05, 0) is 17.9 Å². The van der Waals surface area contributed by atoms with Crippen molar-refractivity contribution in [1.29, 1.82) is 0 Å². The maximum atomic E-state index is 11.7. The molecule has 0 saturated heterocycles. The summed E-state index contributed by atoms with van der Waals surface area (Å²) in [7, 11) is 0. The molecular weight excluding hydrogens is 240 g/mol. The highest BCUT2D eigenvalue weighted by Gasteiger charge is 2.05. The van der Waals surface area contributed by atoms with E-state index in [2.05, 4.69) is 6.92 Å². The van der Waals surface area contributed by atoms with E-state index in [0.29, 0.717) is 5.78 Å². The van der Waals surface area contributed by atoms with Crippen molar-refractivity contribution in [2.75, 3.05) is 0 Å². The van der Waals surface area contributed by atoms with Crippen molar-refractivity contribution in [2.24, 2.45) is 0 Å². The van der Waals surface area contributed by atoms with Crippen LogP contribution in [0.3, 0.4) is 0 Å². The van der Waals surface area contributed by atoms with Crippen molar-refractivity contribution < 1.29 is 4.79 Å². The zero-order chi connectivity index (χ0) is 13.1. The summed E-state index contributed by atoms with van der Waals surface area (Å²) in [6.07, 6.45) is 12.5. The van der Waals surface area contributed by atoms with E-state index in [9.17, 15) is 4.79 Å². The largest absolute Gasteiger partial charge is 0.293 e. The molecule has 0 unspecified atom stereocenters. The number of hydrogen-bond acceptors (Lipinski definition) is 2. The van der Waals surface area contributed by atoms with Crippen molar-refractivity contribution in [1.82, 2.24) is 0 Å². The van der Waals surface area contributed by atoms with Crippen LogP contribution in [0.2, 0.25) is 0 Å². The molecule has 0 spiro atoms. The first-order chi connectivity index (χ1) is 8.84. The smallest absolute Gasteiger partial charge is 0.172 e. The minimum Gasteiger partial charge on any atom is -0.293 e. The molecule has 0 bridgehead atoms. The summed E-state index contributed by atoms with van der Waals surface area (Å²) in [5, 5.41) is 1.98. The topological polar surface area (TPSA) is 17.1 Å². The Bertz CT molecular complexity index is 303. The van der Waals surface area contributed by atoms with Gasteiger partial charge in [0, 0.05) is 6.42 Å². The Kier molecular flexibility index (Phi) is 8.83. The molecule has 0 aliphatic rings. The van der Waals surface area contributed by atoms with Crippen LogP contribution in [0, 0.1) is 0 Å². The third-order valence-corrected chi connectivity index (χ3v) is 4.21. The van der Waals surface area contributed by atoms with E-state index in [1.807, 2.05) is 17.5 Å². The lowest BCUT2D eigenvalue weighted by Gasteiger charge is -2.01. The minimum atomic E-state index is 0.327. The quantitative estimate of drug-likeness (QED) is 0.362. The van der Waals surface area contributed by atoms with Crippen LogP contribution in [0.4, 0.5) is 0 Å². The van der Waals surface area contributed by atoms with Gasteiger partial charge in [0.05, 0.1) is 4.88 Å². The van der Waals surface area contributed by atoms with Crippen LogP contribution >= 0.6 is 11.3 Å². The fourth-order valence-electron chi connectivity index (χ4n) is 2.16. The third kappa shape index (κ3) is 6.95. The maximum absolute atomic E-state index is 11.7. The predicted molar refractivity (Wildman–Crippen MR) is 80.5 cm³/mol. The van der Waals surface area contributed by atoms with E-state index in [-0.39, 0.29) is 0 Å². The van der Waals surface area contributed by atoms with Gasteiger partial charge in [-0.1, -0.05) is 64.4 Å². The van der Waals surface area contributed by atoms with Crippen LogP contribution in [0.15, 0.2) is 17.5 Å². The number of rotatable bonds is 11. The molecular formula is C16H26OS. The van der Waals surface area contributed by atoms with Gasteiger partial charge in [-0.3, -0.25) is 4.79 Å². The van der Waals surface area contributed by atoms with Crippen molar-refractivity contribution in [2.45, 2.75) is 71.1 Å². The fourth-order valence-corrected chi connectivity index (χ4v) is 2.85. The number of carbonyl (C=O) groups is 1. The van der Waals surface area contributed by atoms with E-state index in [0.717, 1.165) is 17.7 Å². The molecule has 18 heavy (non-hydrogen) atoms. The van der Waals surface area contributed by atoms with Crippen molar-refractivity contribution in [3.63, 3.8) is 0 Å². The number of Topliss-reactive ketones (excluding diaryl/α,β-unsaturated/α-hetero) is 1. The molecule has 2 heteroatoms.